The van der Waals surface area contributed by atoms with Crippen molar-refractivity contribution in [3.05, 3.63) is 59.3 Å². The molecule has 2 aromatic carbocycles. The van der Waals surface area contributed by atoms with Gasteiger partial charge in [-0.15, -0.1) is 0 Å². The molecule has 1 aromatic heterocycles. The van der Waals surface area contributed by atoms with Gasteiger partial charge in [-0.3, -0.25) is 0 Å². The van der Waals surface area contributed by atoms with E-state index in [4.69, 9.17) is 4.74 Å². The molecule has 3 aliphatic heterocycles. The highest BCUT2D eigenvalue weighted by Crippen LogP contribution is 2.47. The van der Waals surface area contributed by atoms with Gasteiger partial charge in [-0.1, -0.05) is 6.07 Å². The van der Waals surface area contributed by atoms with E-state index in [-0.39, 0.29) is 29.0 Å². The fourth-order valence-corrected chi connectivity index (χ4v) is 5.48. The molecule has 6 rings (SSSR count). The number of hydrogen-bond acceptors (Lipinski definition) is 6. The minimum Gasteiger partial charge on any atom is -0.486 e. The molecule has 4 heterocycles. The highest BCUT2D eigenvalue weighted by molar-refractivity contribution is 5.74. The van der Waals surface area contributed by atoms with Gasteiger partial charge in [0.05, 0.1) is 17.9 Å². The molecule has 0 bridgehead atoms. The molecular formula is C26H27F2N5O. The summed E-state index contributed by atoms with van der Waals surface area (Å²) in [6, 6.07) is 9.38. The van der Waals surface area contributed by atoms with E-state index in [0.29, 0.717) is 17.9 Å². The fourth-order valence-electron chi connectivity index (χ4n) is 5.48. The Morgan fingerprint density at radius 2 is 2.03 bits per heavy atom. The summed E-state index contributed by atoms with van der Waals surface area (Å²) in [4.78, 5) is 10.8. The Hall–Kier alpha value is -3.26. The van der Waals surface area contributed by atoms with Crippen LogP contribution in [0.3, 0.4) is 0 Å². The first kappa shape index (κ1) is 21.3. The Labute approximate surface area is 197 Å². The molecule has 1 atom stereocenters. The Kier molecular flexibility index (Phi) is 4.95. The van der Waals surface area contributed by atoms with Crippen molar-refractivity contribution in [1.82, 2.24) is 15.3 Å². The number of halogens is 2. The number of rotatable bonds is 3. The normalized spacial score (nSPS) is 20.2. The first-order valence-electron chi connectivity index (χ1n) is 11.8. The van der Waals surface area contributed by atoms with Crippen LogP contribution in [0.2, 0.25) is 0 Å². The smallest absolute Gasteiger partial charge is 0.227 e. The number of ether oxygens (including phenoxy) is 1. The molecule has 0 spiro atoms. The number of hydrogen-bond donors (Lipinski definition) is 2. The van der Waals surface area contributed by atoms with Gasteiger partial charge in [-0.05, 0) is 75.0 Å². The zero-order valence-corrected chi connectivity index (χ0v) is 19.3. The van der Waals surface area contributed by atoms with Crippen LogP contribution < -0.4 is 20.3 Å². The Bertz CT molecular complexity index is 1280. The lowest BCUT2D eigenvalue weighted by atomic mass is 10.00. The number of aromatic nitrogens is 2. The molecule has 34 heavy (non-hydrogen) atoms. The quantitative estimate of drug-likeness (QED) is 0.573. The van der Waals surface area contributed by atoms with Gasteiger partial charge in [-0.2, -0.15) is 0 Å². The topological polar surface area (TPSA) is 62.3 Å². The summed E-state index contributed by atoms with van der Waals surface area (Å²) in [5.74, 6) is -0.620. The second kappa shape index (κ2) is 7.91. The first-order chi connectivity index (χ1) is 16.4. The third-order valence-corrected chi connectivity index (χ3v) is 7.18. The van der Waals surface area contributed by atoms with Crippen molar-refractivity contribution in [1.29, 1.82) is 0 Å². The Balaban J connectivity index is 1.36. The molecule has 3 aromatic rings. The Morgan fingerprint density at radius 3 is 2.91 bits per heavy atom. The summed E-state index contributed by atoms with van der Waals surface area (Å²) in [6.07, 6.45) is 4.04. The van der Waals surface area contributed by atoms with Crippen LogP contribution in [-0.2, 0) is 13.0 Å². The van der Waals surface area contributed by atoms with E-state index >= 15 is 4.39 Å². The minimum absolute atomic E-state index is 0.0560. The van der Waals surface area contributed by atoms with Crippen molar-refractivity contribution in [2.75, 3.05) is 23.4 Å². The summed E-state index contributed by atoms with van der Waals surface area (Å²) >= 11 is 0. The molecule has 0 aliphatic carbocycles. The van der Waals surface area contributed by atoms with E-state index in [1.807, 2.05) is 6.07 Å². The highest BCUT2D eigenvalue weighted by atomic mass is 19.1. The van der Waals surface area contributed by atoms with Crippen LogP contribution in [0.5, 0.6) is 5.75 Å². The molecule has 0 saturated carbocycles. The van der Waals surface area contributed by atoms with Crippen LogP contribution >= 0.6 is 0 Å². The van der Waals surface area contributed by atoms with Crippen LogP contribution in [0.15, 0.2) is 36.5 Å². The number of benzene rings is 2. The summed E-state index contributed by atoms with van der Waals surface area (Å²) in [5, 5.41) is 6.54. The van der Waals surface area contributed by atoms with E-state index in [2.05, 4.69) is 51.5 Å². The predicted octanol–water partition coefficient (Wildman–Crippen LogP) is 4.95. The first-order valence-corrected chi connectivity index (χ1v) is 11.8. The Morgan fingerprint density at radius 1 is 1.15 bits per heavy atom. The fraction of sp³-hybridized carbons (Fsp3) is 0.385. The average molecular weight is 464 g/mol. The molecule has 1 unspecified atom stereocenters. The third kappa shape index (κ3) is 3.57. The lowest BCUT2D eigenvalue weighted by Crippen LogP contribution is -2.48. The van der Waals surface area contributed by atoms with Crippen LogP contribution in [-0.4, -0.2) is 34.7 Å². The second-order valence-corrected chi connectivity index (χ2v) is 9.92. The maximum atomic E-state index is 15.1. The second-order valence-electron chi connectivity index (χ2n) is 9.92. The van der Waals surface area contributed by atoms with E-state index < -0.39 is 11.6 Å². The lowest BCUT2D eigenvalue weighted by molar-refractivity contribution is 0.252. The number of nitrogens with zero attached hydrogens (tertiary/aromatic N) is 3. The van der Waals surface area contributed by atoms with E-state index in [1.165, 1.54) is 17.2 Å². The van der Waals surface area contributed by atoms with Crippen LogP contribution in [0, 0.1) is 11.6 Å². The van der Waals surface area contributed by atoms with Crippen molar-refractivity contribution in [3.63, 3.8) is 0 Å². The van der Waals surface area contributed by atoms with Crippen molar-refractivity contribution < 1.29 is 13.5 Å². The van der Waals surface area contributed by atoms with Crippen LogP contribution in [0.4, 0.5) is 26.1 Å². The van der Waals surface area contributed by atoms with Gasteiger partial charge < -0.3 is 20.3 Å². The molecule has 1 saturated heterocycles. The van der Waals surface area contributed by atoms with Crippen molar-refractivity contribution in [3.8, 4) is 17.0 Å². The van der Waals surface area contributed by atoms with Gasteiger partial charge in [0.1, 0.15) is 12.3 Å². The third-order valence-electron chi connectivity index (χ3n) is 7.18. The zero-order valence-electron chi connectivity index (χ0n) is 19.3. The van der Waals surface area contributed by atoms with Gasteiger partial charge in [-0.25, -0.2) is 18.7 Å². The standard InChI is InChI=1S/C26H27F2N5O/c1-26(2)7-5-19-14-34-24-20(27)10-17(11-22(24)33(19)26)23-21(28)13-30-25(32-23)31-18-4-3-16-12-29-8-6-15(16)9-18/h3-4,9-11,13,19,29H,5-8,12,14H2,1-2H3,(H,30,31,32). The summed E-state index contributed by atoms with van der Waals surface area (Å²) < 4.78 is 35.8. The van der Waals surface area contributed by atoms with E-state index in [1.54, 1.807) is 6.07 Å². The molecule has 6 nitrogen and oxygen atoms in total. The lowest BCUT2D eigenvalue weighted by Gasteiger charge is -2.42. The van der Waals surface area contributed by atoms with Gasteiger partial charge >= 0.3 is 0 Å². The molecular weight excluding hydrogens is 436 g/mol. The zero-order chi connectivity index (χ0) is 23.4. The van der Waals surface area contributed by atoms with Gasteiger partial charge in [0.2, 0.25) is 5.95 Å². The SMILES string of the molecule is CC1(C)CCC2COc3c(F)cc(-c4nc(Nc5ccc6c(c5)CCNC6)ncc4F)cc3N21. The number of nitrogens with one attached hydrogen (secondary N) is 2. The van der Waals surface area contributed by atoms with E-state index in [0.717, 1.165) is 44.2 Å². The van der Waals surface area contributed by atoms with Gasteiger partial charge in [0.15, 0.2) is 17.4 Å². The number of fused-ring (bicyclic) bond motifs is 4. The minimum atomic E-state index is -0.602. The molecule has 2 N–H and O–H groups in total. The molecule has 3 aliphatic rings. The van der Waals surface area contributed by atoms with E-state index in [9.17, 15) is 4.39 Å². The van der Waals surface area contributed by atoms with Crippen LogP contribution in [0.1, 0.15) is 37.8 Å². The molecule has 8 heteroatoms. The largest absolute Gasteiger partial charge is 0.486 e. The van der Waals surface area contributed by atoms with Crippen LogP contribution in [0.25, 0.3) is 11.3 Å². The average Bonchev–Trinajstić information content (AvgIpc) is 3.15. The highest BCUT2D eigenvalue weighted by Gasteiger charge is 2.44. The van der Waals surface area contributed by atoms with Crippen molar-refractivity contribution in [2.24, 2.45) is 0 Å². The number of anilines is 3. The summed E-state index contributed by atoms with van der Waals surface area (Å²) in [7, 11) is 0. The molecule has 176 valence electrons. The van der Waals surface area contributed by atoms with Crippen molar-refractivity contribution >= 4 is 17.3 Å². The maximum absolute atomic E-state index is 15.1. The van der Waals surface area contributed by atoms with Gasteiger partial charge in [0, 0.05) is 23.3 Å². The summed E-state index contributed by atoms with van der Waals surface area (Å²) in [5.41, 5.74) is 4.32. The van der Waals surface area contributed by atoms with Crippen molar-refractivity contribution in [2.45, 2.75) is 51.2 Å². The predicted molar refractivity (Wildman–Crippen MR) is 128 cm³/mol. The molecule has 1 fully saturated rings. The molecule has 0 radical (unpaired) electrons. The maximum Gasteiger partial charge on any atom is 0.227 e. The molecule has 0 amide bonds. The monoisotopic (exact) mass is 463 g/mol. The summed E-state index contributed by atoms with van der Waals surface area (Å²) in [6.45, 7) is 6.55. The van der Waals surface area contributed by atoms with Gasteiger partial charge in [0.25, 0.3) is 0 Å².